The summed E-state index contributed by atoms with van der Waals surface area (Å²) in [5.41, 5.74) is 0.821. The summed E-state index contributed by atoms with van der Waals surface area (Å²) in [6, 6.07) is 0. The van der Waals surface area contributed by atoms with Crippen LogP contribution in [0.5, 0.6) is 0 Å². The molecule has 1 aromatic heterocycles. The molecular weight excluding hydrogens is 168 g/mol. The van der Waals surface area contributed by atoms with Gasteiger partial charge in [-0.1, -0.05) is 12.2 Å². The van der Waals surface area contributed by atoms with E-state index in [0.717, 1.165) is 0 Å². The van der Waals surface area contributed by atoms with Crippen LogP contribution in [-0.4, -0.2) is 20.9 Å². The Hall–Kier alpha value is -1.58. The van der Waals surface area contributed by atoms with Gasteiger partial charge in [-0.3, -0.25) is 4.68 Å². The number of aromatic nitrogens is 2. The maximum absolute atomic E-state index is 10.6. The maximum Gasteiger partial charge on any atom is 0.339 e. The van der Waals surface area contributed by atoms with Gasteiger partial charge in [-0.15, -0.1) is 0 Å². The molecule has 1 rings (SSSR count). The van der Waals surface area contributed by atoms with E-state index in [-0.39, 0.29) is 5.56 Å². The SMILES string of the molecule is CC=CCn1cc(C(=O)O)c(C)n1. The molecule has 70 valence electrons. The second-order valence-corrected chi connectivity index (χ2v) is 2.72. The molecule has 0 unspecified atom stereocenters. The molecule has 1 heterocycles. The molecule has 0 saturated carbocycles. The van der Waals surface area contributed by atoms with Gasteiger partial charge in [0.15, 0.2) is 0 Å². The zero-order chi connectivity index (χ0) is 9.84. The zero-order valence-corrected chi connectivity index (χ0v) is 7.69. The topological polar surface area (TPSA) is 55.1 Å². The van der Waals surface area contributed by atoms with Crippen LogP contribution in [0.4, 0.5) is 0 Å². The molecule has 0 aliphatic heterocycles. The van der Waals surface area contributed by atoms with E-state index >= 15 is 0 Å². The van der Waals surface area contributed by atoms with Crippen LogP contribution in [0.2, 0.25) is 0 Å². The van der Waals surface area contributed by atoms with Crippen molar-refractivity contribution in [2.75, 3.05) is 0 Å². The number of aromatic carboxylic acids is 1. The molecular formula is C9H12N2O2. The largest absolute Gasteiger partial charge is 0.478 e. The highest BCUT2D eigenvalue weighted by Gasteiger charge is 2.10. The lowest BCUT2D eigenvalue weighted by Crippen LogP contribution is -1.96. The van der Waals surface area contributed by atoms with E-state index in [4.69, 9.17) is 5.11 Å². The zero-order valence-electron chi connectivity index (χ0n) is 7.69. The van der Waals surface area contributed by atoms with Crippen LogP contribution in [0.25, 0.3) is 0 Å². The standard InChI is InChI=1S/C9H12N2O2/c1-3-4-5-11-6-8(9(12)13)7(2)10-11/h3-4,6H,5H2,1-2H3,(H,12,13). The number of rotatable bonds is 3. The van der Waals surface area contributed by atoms with Gasteiger partial charge >= 0.3 is 5.97 Å². The first-order valence-corrected chi connectivity index (χ1v) is 4.03. The van der Waals surface area contributed by atoms with E-state index in [9.17, 15) is 4.79 Å². The Morgan fingerprint density at radius 3 is 2.92 bits per heavy atom. The minimum atomic E-state index is -0.927. The molecule has 1 N–H and O–H groups in total. The third-order valence-electron chi connectivity index (χ3n) is 1.70. The third-order valence-corrected chi connectivity index (χ3v) is 1.70. The Labute approximate surface area is 76.5 Å². The van der Waals surface area contributed by atoms with Crippen LogP contribution in [0, 0.1) is 6.92 Å². The molecule has 0 saturated heterocycles. The first-order chi connectivity index (χ1) is 6.15. The number of carboxylic acids is 1. The van der Waals surface area contributed by atoms with Crippen molar-refractivity contribution in [1.82, 2.24) is 9.78 Å². The molecule has 1 aromatic rings. The Morgan fingerprint density at radius 1 is 1.77 bits per heavy atom. The fraction of sp³-hybridized carbons (Fsp3) is 0.333. The van der Waals surface area contributed by atoms with Crippen molar-refractivity contribution < 1.29 is 9.90 Å². The highest BCUT2D eigenvalue weighted by atomic mass is 16.4. The second-order valence-electron chi connectivity index (χ2n) is 2.72. The van der Waals surface area contributed by atoms with Crippen molar-refractivity contribution in [2.24, 2.45) is 0 Å². The Bertz CT molecular complexity index is 339. The summed E-state index contributed by atoms with van der Waals surface area (Å²) >= 11 is 0. The van der Waals surface area contributed by atoms with Gasteiger partial charge in [-0.2, -0.15) is 5.10 Å². The summed E-state index contributed by atoms with van der Waals surface area (Å²) in [4.78, 5) is 10.6. The molecule has 0 aromatic carbocycles. The quantitative estimate of drug-likeness (QED) is 0.716. The predicted molar refractivity (Wildman–Crippen MR) is 48.7 cm³/mol. The molecule has 0 aliphatic carbocycles. The highest BCUT2D eigenvalue weighted by molar-refractivity contribution is 5.88. The molecule has 0 bridgehead atoms. The summed E-state index contributed by atoms with van der Waals surface area (Å²) < 4.78 is 1.61. The normalized spacial score (nSPS) is 10.9. The molecule has 0 atom stereocenters. The highest BCUT2D eigenvalue weighted by Crippen LogP contribution is 2.04. The average Bonchev–Trinajstić information content (AvgIpc) is 2.43. The summed E-state index contributed by atoms with van der Waals surface area (Å²) in [5.74, 6) is -0.927. The molecule has 4 nitrogen and oxygen atoms in total. The van der Waals surface area contributed by atoms with Crippen LogP contribution < -0.4 is 0 Å². The minimum Gasteiger partial charge on any atom is -0.478 e. The summed E-state index contributed by atoms with van der Waals surface area (Å²) in [5, 5.41) is 12.8. The first kappa shape index (κ1) is 9.51. The lowest BCUT2D eigenvalue weighted by molar-refractivity contribution is 0.0696. The number of carboxylic acid groups (broad SMARTS) is 1. The van der Waals surface area contributed by atoms with Crippen molar-refractivity contribution in [2.45, 2.75) is 20.4 Å². The predicted octanol–water partition coefficient (Wildman–Crippen LogP) is 1.47. The minimum absolute atomic E-state index is 0.268. The smallest absolute Gasteiger partial charge is 0.339 e. The number of hydrogen-bond acceptors (Lipinski definition) is 2. The van der Waals surface area contributed by atoms with Crippen molar-refractivity contribution >= 4 is 5.97 Å². The van der Waals surface area contributed by atoms with Crippen molar-refractivity contribution in [1.29, 1.82) is 0 Å². The summed E-state index contributed by atoms with van der Waals surface area (Å²) in [7, 11) is 0. The van der Waals surface area contributed by atoms with E-state index in [2.05, 4.69) is 5.10 Å². The van der Waals surface area contributed by atoms with E-state index in [0.29, 0.717) is 12.2 Å². The van der Waals surface area contributed by atoms with Gasteiger partial charge in [0.25, 0.3) is 0 Å². The number of carbonyl (C=O) groups is 1. The van der Waals surface area contributed by atoms with Crippen LogP contribution in [0.1, 0.15) is 23.0 Å². The fourth-order valence-electron chi connectivity index (χ4n) is 1.03. The Morgan fingerprint density at radius 2 is 2.46 bits per heavy atom. The van der Waals surface area contributed by atoms with Gasteiger partial charge in [0.05, 0.1) is 12.2 Å². The number of aryl methyl sites for hydroxylation is 1. The van der Waals surface area contributed by atoms with Crippen molar-refractivity contribution in [3.05, 3.63) is 29.6 Å². The number of allylic oxidation sites excluding steroid dienone is 2. The first-order valence-electron chi connectivity index (χ1n) is 4.03. The van der Waals surface area contributed by atoms with Crippen molar-refractivity contribution in [3.63, 3.8) is 0 Å². The van der Waals surface area contributed by atoms with Gasteiger partial charge in [-0.05, 0) is 13.8 Å². The van der Waals surface area contributed by atoms with Gasteiger partial charge < -0.3 is 5.11 Å². The molecule has 0 spiro atoms. The van der Waals surface area contributed by atoms with Gasteiger partial charge in [-0.25, -0.2) is 4.79 Å². The number of hydrogen-bond donors (Lipinski definition) is 1. The molecule has 4 heteroatoms. The maximum atomic E-state index is 10.6. The lowest BCUT2D eigenvalue weighted by Gasteiger charge is -1.91. The molecule has 0 amide bonds. The van der Waals surface area contributed by atoms with Crippen LogP contribution in [-0.2, 0) is 6.54 Å². The molecule has 0 radical (unpaired) electrons. The van der Waals surface area contributed by atoms with E-state index in [1.54, 1.807) is 11.6 Å². The molecule has 13 heavy (non-hydrogen) atoms. The average molecular weight is 180 g/mol. The fourth-order valence-corrected chi connectivity index (χ4v) is 1.03. The van der Waals surface area contributed by atoms with Crippen LogP contribution >= 0.6 is 0 Å². The van der Waals surface area contributed by atoms with E-state index in [1.165, 1.54) is 6.20 Å². The van der Waals surface area contributed by atoms with E-state index < -0.39 is 5.97 Å². The van der Waals surface area contributed by atoms with Gasteiger partial charge in [0.2, 0.25) is 0 Å². The third kappa shape index (κ3) is 2.18. The Balaban J connectivity index is 2.88. The van der Waals surface area contributed by atoms with E-state index in [1.807, 2.05) is 19.1 Å². The van der Waals surface area contributed by atoms with Crippen LogP contribution in [0.3, 0.4) is 0 Å². The molecule has 0 fully saturated rings. The van der Waals surface area contributed by atoms with Gasteiger partial charge in [0.1, 0.15) is 5.56 Å². The summed E-state index contributed by atoms with van der Waals surface area (Å²) in [6.45, 7) is 4.22. The number of nitrogens with zero attached hydrogens (tertiary/aromatic N) is 2. The second kappa shape index (κ2) is 3.89. The van der Waals surface area contributed by atoms with Crippen molar-refractivity contribution in [3.8, 4) is 0 Å². The van der Waals surface area contributed by atoms with Crippen LogP contribution in [0.15, 0.2) is 18.3 Å². The Kier molecular flexibility index (Phi) is 2.84. The monoisotopic (exact) mass is 180 g/mol. The van der Waals surface area contributed by atoms with Gasteiger partial charge in [0, 0.05) is 6.20 Å². The summed E-state index contributed by atoms with van der Waals surface area (Å²) in [6.07, 6.45) is 5.35. The molecule has 0 aliphatic rings. The lowest BCUT2D eigenvalue weighted by atomic mass is 10.3.